The van der Waals surface area contributed by atoms with Gasteiger partial charge in [0.25, 0.3) is 0 Å². The molecule has 0 saturated carbocycles. The lowest BCUT2D eigenvalue weighted by Crippen LogP contribution is -2.20. The number of rotatable bonds is 5. The van der Waals surface area contributed by atoms with E-state index < -0.39 is 0 Å². The molecule has 0 aliphatic carbocycles. The van der Waals surface area contributed by atoms with Gasteiger partial charge in [-0.3, -0.25) is 0 Å². The van der Waals surface area contributed by atoms with Crippen molar-refractivity contribution in [2.45, 2.75) is 26.3 Å². The Hall–Kier alpha value is -1.20. The maximum atomic E-state index is 4.21. The SMILES string of the molecule is CCCNC(C)c1ccc(Br)cc1-n1cncn1. The molecule has 1 N–H and O–H groups in total. The zero-order valence-electron chi connectivity index (χ0n) is 10.6. The third-order valence-corrected chi connectivity index (χ3v) is 3.32. The molecule has 0 aliphatic heterocycles. The predicted octanol–water partition coefficient (Wildman–Crippen LogP) is 3.09. The summed E-state index contributed by atoms with van der Waals surface area (Å²) in [6, 6.07) is 6.53. The van der Waals surface area contributed by atoms with Gasteiger partial charge in [-0.1, -0.05) is 28.9 Å². The lowest BCUT2D eigenvalue weighted by molar-refractivity contribution is 0.567. The van der Waals surface area contributed by atoms with Crippen molar-refractivity contribution in [1.29, 1.82) is 0 Å². The van der Waals surface area contributed by atoms with Crippen LogP contribution >= 0.6 is 15.9 Å². The Balaban J connectivity index is 2.35. The van der Waals surface area contributed by atoms with Crippen molar-refractivity contribution < 1.29 is 0 Å². The van der Waals surface area contributed by atoms with E-state index in [0.29, 0.717) is 0 Å². The van der Waals surface area contributed by atoms with Crippen molar-refractivity contribution >= 4 is 15.9 Å². The number of benzene rings is 1. The topological polar surface area (TPSA) is 42.7 Å². The molecule has 4 nitrogen and oxygen atoms in total. The predicted molar refractivity (Wildman–Crippen MR) is 75.8 cm³/mol. The van der Waals surface area contributed by atoms with E-state index in [0.717, 1.165) is 23.1 Å². The average molecular weight is 309 g/mol. The molecule has 0 radical (unpaired) electrons. The van der Waals surface area contributed by atoms with Crippen LogP contribution in [-0.2, 0) is 0 Å². The summed E-state index contributed by atoms with van der Waals surface area (Å²) in [6.45, 7) is 5.34. The van der Waals surface area contributed by atoms with E-state index in [1.54, 1.807) is 17.3 Å². The maximum absolute atomic E-state index is 4.21. The van der Waals surface area contributed by atoms with E-state index in [9.17, 15) is 0 Å². The molecule has 0 bridgehead atoms. The van der Waals surface area contributed by atoms with Gasteiger partial charge in [-0.2, -0.15) is 5.10 Å². The fraction of sp³-hybridized carbons (Fsp3) is 0.385. The summed E-state index contributed by atoms with van der Waals surface area (Å²) in [5, 5.41) is 7.70. The summed E-state index contributed by atoms with van der Waals surface area (Å²) < 4.78 is 2.84. The van der Waals surface area contributed by atoms with Gasteiger partial charge in [0, 0.05) is 10.5 Å². The van der Waals surface area contributed by atoms with Crippen molar-refractivity contribution in [3.63, 3.8) is 0 Å². The summed E-state index contributed by atoms with van der Waals surface area (Å²) in [7, 11) is 0. The summed E-state index contributed by atoms with van der Waals surface area (Å²) in [6.07, 6.45) is 4.40. The lowest BCUT2D eigenvalue weighted by Gasteiger charge is -2.17. The molecule has 0 aliphatic rings. The number of hydrogen-bond donors (Lipinski definition) is 1. The average Bonchev–Trinajstić information content (AvgIpc) is 2.89. The van der Waals surface area contributed by atoms with E-state index in [-0.39, 0.29) is 6.04 Å². The van der Waals surface area contributed by atoms with E-state index >= 15 is 0 Å². The van der Waals surface area contributed by atoms with Crippen molar-refractivity contribution in [3.8, 4) is 5.69 Å². The monoisotopic (exact) mass is 308 g/mol. The molecule has 5 heteroatoms. The zero-order chi connectivity index (χ0) is 13.0. The Kier molecular flexibility index (Phi) is 4.49. The number of hydrogen-bond acceptors (Lipinski definition) is 3. The minimum absolute atomic E-state index is 0.289. The Bertz CT molecular complexity index is 496. The van der Waals surface area contributed by atoms with Crippen LogP contribution in [0.1, 0.15) is 31.9 Å². The highest BCUT2D eigenvalue weighted by Crippen LogP contribution is 2.24. The molecule has 0 amide bonds. The first kappa shape index (κ1) is 13.2. The minimum atomic E-state index is 0.289. The third-order valence-electron chi connectivity index (χ3n) is 2.83. The molecule has 18 heavy (non-hydrogen) atoms. The Morgan fingerprint density at radius 3 is 2.94 bits per heavy atom. The Labute approximate surface area is 116 Å². The number of nitrogens with one attached hydrogen (secondary N) is 1. The molecule has 96 valence electrons. The van der Waals surface area contributed by atoms with E-state index in [1.165, 1.54) is 5.56 Å². The highest BCUT2D eigenvalue weighted by Gasteiger charge is 2.12. The highest BCUT2D eigenvalue weighted by molar-refractivity contribution is 9.10. The zero-order valence-corrected chi connectivity index (χ0v) is 12.2. The quantitative estimate of drug-likeness (QED) is 0.923. The van der Waals surface area contributed by atoms with Gasteiger partial charge in [0.2, 0.25) is 0 Å². The van der Waals surface area contributed by atoms with Crippen molar-refractivity contribution in [1.82, 2.24) is 20.1 Å². The largest absolute Gasteiger partial charge is 0.310 e. The lowest BCUT2D eigenvalue weighted by atomic mass is 10.1. The van der Waals surface area contributed by atoms with Crippen molar-refractivity contribution in [2.75, 3.05) is 6.54 Å². The van der Waals surface area contributed by atoms with Crippen LogP contribution < -0.4 is 5.32 Å². The summed E-state index contributed by atoms with van der Waals surface area (Å²) >= 11 is 3.50. The van der Waals surface area contributed by atoms with Crippen molar-refractivity contribution in [3.05, 3.63) is 40.9 Å². The number of aromatic nitrogens is 3. The van der Waals surface area contributed by atoms with Gasteiger partial charge in [-0.05, 0) is 37.6 Å². The van der Waals surface area contributed by atoms with Crippen LogP contribution in [0.15, 0.2) is 35.3 Å². The highest BCUT2D eigenvalue weighted by atomic mass is 79.9. The molecule has 1 aromatic carbocycles. The summed E-state index contributed by atoms with van der Waals surface area (Å²) in [5.74, 6) is 0. The first-order chi connectivity index (χ1) is 8.72. The Morgan fingerprint density at radius 1 is 1.44 bits per heavy atom. The molecule has 1 unspecified atom stereocenters. The summed E-state index contributed by atoms with van der Waals surface area (Å²) in [4.78, 5) is 4.01. The third kappa shape index (κ3) is 2.97. The van der Waals surface area contributed by atoms with Gasteiger partial charge >= 0.3 is 0 Å². The normalized spacial score (nSPS) is 12.6. The van der Waals surface area contributed by atoms with E-state index in [4.69, 9.17) is 0 Å². The van der Waals surface area contributed by atoms with Crippen LogP contribution in [0, 0.1) is 0 Å². The van der Waals surface area contributed by atoms with Crippen LogP contribution in [0.4, 0.5) is 0 Å². The van der Waals surface area contributed by atoms with Gasteiger partial charge in [-0.15, -0.1) is 0 Å². The van der Waals surface area contributed by atoms with Crippen LogP contribution in [0.5, 0.6) is 0 Å². The number of nitrogens with zero attached hydrogens (tertiary/aromatic N) is 3. The van der Waals surface area contributed by atoms with E-state index in [2.05, 4.69) is 63.4 Å². The molecule has 1 aromatic heterocycles. The second kappa shape index (κ2) is 6.11. The first-order valence-electron chi connectivity index (χ1n) is 6.10. The molecule has 2 aromatic rings. The second-order valence-electron chi connectivity index (χ2n) is 4.22. The molecule has 0 fully saturated rings. The van der Waals surface area contributed by atoms with Crippen LogP contribution in [0.25, 0.3) is 5.69 Å². The molecule has 1 heterocycles. The molecule has 2 rings (SSSR count). The van der Waals surface area contributed by atoms with Crippen LogP contribution in [0.2, 0.25) is 0 Å². The Morgan fingerprint density at radius 2 is 2.28 bits per heavy atom. The minimum Gasteiger partial charge on any atom is -0.310 e. The van der Waals surface area contributed by atoms with Gasteiger partial charge < -0.3 is 5.32 Å². The smallest absolute Gasteiger partial charge is 0.138 e. The molecular weight excluding hydrogens is 292 g/mol. The second-order valence-corrected chi connectivity index (χ2v) is 5.13. The fourth-order valence-corrected chi connectivity index (χ4v) is 2.23. The maximum Gasteiger partial charge on any atom is 0.138 e. The molecule has 1 atom stereocenters. The molecule has 0 spiro atoms. The summed E-state index contributed by atoms with van der Waals surface area (Å²) in [5.41, 5.74) is 2.27. The van der Waals surface area contributed by atoms with Gasteiger partial charge in [-0.25, -0.2) is 9.67 Å². The first-order valence-corrected chi connectivity index (χ1v) is 6.89. The molecule has 0 saturated heterocycles. The van der Waals surface area contributed by atoms with Gasteiger partial charge in [0.1, 0.15) is 12.7 Å². The standard InChI is InChI=1S/C13H17BrN4/c1-3-6-16-10(2)12-5-4-11(14)7-13(12)18-9-15-8-17-18/h4-5,7-10,16H,3,6H2,1-2H3. The van der Waals surface area contributed by atoms with Crippen molar-refractivity contribution in [2.24, 2.45) is 0 Å². The van der Waals surface area contributed by atoms with Crippen LogP contribution in [0.3, 0.4) is 0 Å². The fourth-order valence-electron chi connectivity index (χ4n) is 1.88. The molecular formula is C13H17BrN4. The van der Waals surface area contributed by atoms with Crippen LogP contribution in [-0.4, -0.2) is 21.3 Å². The van der Waals surface area contributed by atoms with E-state index in [1.807, 2.05) is 0 Å². The number of halogens is 1. The van der Waals surface area contributed by atoms with Gasteiger partial charge in [0.05, 0.1) is 5.69 Å². The van der Waals surface area contributed by atoms with Gasteiger partial charge in [0.15, 0.2) is 0 Å².